The van der Waals surface area contributed by atoms with Crippen molar-refractivity contribution < 1.29 is 4.79 Å². The molecule has 5 heteroatoms. The molecule has 2 aliphatic rings. The molecule has 1 saturated carbocycles. The van der Waals surface area contributed by atoms with Crippen molar-refractivity contribution in [1.29, 1.82) is 0 Å². The molecule has 5 nitrogen and oxygen atoms in total. The Morgan fingerprint density at radius 1 is 1.26 bits per heavy atom. The lowest BCUT2D eigenvalue weighted by Crippen LogP contribution is -2.34. The van der Waals surface area contributed by atoms with Gasteiger partial charge in [-0.3, -0.25) is 4.79 Å². The minimum Gasteiger partial charge on any atom is -0.367 e. The number of hydrogen-bond acceptors (Lipinski definition) is 5. The second-order valence-electron chi connectivity index (χ2n) is 5.46. The van der Waals surface area contributed by atoms with Crippen LogP contribution >= 0.6 is 0 Å². The maximum absolute atomic E-state index is 11.3. The maximum atomic E-state index is 11.3. The molecule has 19 heavy (non-hydrogen) atoms. The molecule has 1 N–H and O–H groups in total. The van der Waals surface area contributed by atoms with Gasteiger partial charge in [-0.2, -0.15) is 0 Å². The number of nitrogens with zero attached hydrogens (tertiary/aromatic N) is 3. The van der Waals surface area contributed by atoms with E-state index in [9.17, 15) is 4.79 Å². The lowest BCUT2D eigenvalue weighted by atomic mass is 9.93. The highest BCUT2D eigenvalue weighted by Gasteiger charge is 2.20. The molecule has 0 bridgehead atoms. The van der Waals surface area contributed by atoms with Crippen LogP contribution in [-0.4, -0.2) is 34.9 Å². The van der Waals surface area contributed by atoms with Gasteiger partial charge in [-0.05, 0) is 26.2 Å². The van der Waals surface area contributed by atoms with Crippen LogP contribution in [-0.2, 0) is 4.79 Å². The lowest BCUT2D eigenvalue weighted by Gasteiger charge is -2.29. The first-order valence-corrected chi connectivity index (χ1v) is 7.09. The fourth-order valence-electron chi connectivity index (χ4n) is 2.53. The zero-order valence-corrected chi connectivity index (χ0v) is 11.4. The van der Waals surface area contributed by atoms with Crippen LogP contribution in [0.25, 0.3) is 0 Å². The van der Waals surface area contributed by atoms with Gasteiger partial charge in [0.25, 0.3) is 0 Å². The van der Waals surface area contributed by atoms with E-state index >= 15 is 0 Å². The summed E-state index contributed by atoms with van der Waals surface area (Å²) < 4.78 is 0. The zero-order chi connectivity index (χ0) is 13.2. The first-order valence-electron chi connectivity index (χ1n) is 7.09. The molecule has 1 aliphatic heterocycles. The second-order valence-corrected chi connectivity index (χ2v) is 5.46. The van der Waals surface area contributed by atoms with Crippen LogP contribution in [0.5, 0.6) is 0 Å². The number of rotatable bonds is 3. The third-order valence-corrected chi connectivity index (χ3v) is 3.93. The molecule has 0 atom stereocenters. The van der Waals surface area contributed by atoms with E-state index in [1.807, 2.05) is 13.0 Å². The van der Waals surface area contributed by atoms with Gasteiger partial charge in [0.2, 0.25) is 0 Å². The number of ketones is 1. The zero-order valence-electron chi connectivity index (χ0n) is 11.4. The molecule has 0 spiro atoms. The van der Waals surface area contributed by atoms with E-state index in [-0.39, 0.29) is 0 Å². The highest BCUT2D eigenvalue weighted by Crippen LogP contribution is 2.24. The average Bonchev–Trinajstić information content (AvgIpc) is 2.34. The Morgan fingerprint density at radius 3 is 2.63 bits per heavy atom. The molecule has 2 heterocycles. The van der Waals surface area contributed by atoms with E-state index < -0.39 is 0 Å². The second kappa shape index (κ2) is 5.15. The number of anilines is 2. The van der Waals surface area contributed by atoms with Gasteiger partial charge in [0.15, 0.2) is 0 Å². The molecule has 0 aromatic carbocycles. The van der Waals surface area contributed by atoms with Crippen LogP contribution in [0, 0.1) is 6.92 Å². The fourth-order valence-corrected chi connectivity index (χ4v) is 2.53. The Bertz CT molecular complexity index is 474. The van der Waals surface area contributed by atoms with E-state index in [1.54, 1.807) is 0 Å². The van der Waals surface area contributed by atoms with Crippen molar-refractivity contribution in [1.82, 2.24) is 9.97 Å². The number of carbonyl (C=O) groups is 1. The predicted octanol–water partition coefficient (Wildman–Crippen LogP) is 1.92. The van der Waals surface area contributed by atoms with Gasteiger partial charge >= 0.3 is 0 Å². The van der Waals surface area contributed by atoms with E-state index in [4.69, 9.17) is 0 Å². The summed E-state index contributed by atoms with van der Waals surface area (Å²) in [6.45, 7) is 3.47. The van der Waals surface area contributed by atoms with Crippen LogP contribution < -0.4 is 10.2 Å². The number of aryl methyl sites for hydroxylation is 1. The number of aromatic nitrogens is 2. The van der Waals surface area contributed by atoms with Gasteiger partial charge in [-0.25, -0.2) is 9.97 Å². The van der Waals surface area contributed by atoms with Gasteiger partial charge in [0, 0.05) is 38.0 Å². The van der Waals surface area contributed by atoms with Crippen molar-refractivity contribution in [2.75, 3.05) is 23.3 Å². The van der Waals surface area contributed by atoms with Crippen molar-refractivity contribution in [3.05, 3.63) is 11.9 Å². The molecule has 102 valence electrons. The Balaban J connectivity index is 1.74. The molecule has 1 saturated heterocycles. The largest absolute Gasteiger partial charge is 0.367 e. The molecule has 3 rings (SSSR count). The van der Waals surface area contributed by atoms with Crippen LogP contribution in [0.2, 0.25) is 0 Å². The van der Waals surface area contributed by atoms with Gasteiger partial charge in [-0.15, -0.1) is 0 Å². The number of nitrogens with one attached hydrogen (secondary N) is 1. The van der Waals surface area contributed by atoms with E-state index in [0.717, 1.165) is 30.5 Å². The fraction of sp³-hybridized carbons (Fsp3) is 0.643. The van der Waals surface area contributed by atoms with Crippen LogP contribution in [0.15, 0.2) is 6.07 Å². The van der Waals surface area contributed by atoms with Crippen LogP contribution in [0.3, 0.4) is 0 Å². The SMILES string of the molecule is Cc1nc(NC2CCC2)cc(N2CCC(=O)CC2)n1. The minimum atomic E-state index is 0.356. The first kappa shape index (κ1) is 12.4. The third kappa shape index (κ3) is 2.85. The normalized spacial score (nSPS) is 20.3. The van der Waals surface area contributed by atoms with Crippen molar-refractivity contribution in [2.24, 2.45) is 0 Å². The first-order chi connectivity index (χ1) is 9.20. The monoisotopic (exact) mass is 260 g/mol. The van der Waals surface area contributed by atoms with Crippen molar-refractivity contribution in [3.8, 4) is 0 Å². The Morgan fingerprint density at radius 2 is 2.00 bits per heavy atom. The summed E-state index contributed by atoms with van der Waals surface area (Å²) in [5.41, 5.74) is 0. The highest BCUT2D eigenvalue weighted by atomic mass is 16.1. The topological polar surface area (TPSA) is 58.1 Å². The summed E-state index contributed by atoms with van der Waals surface area (Å²) in [6, 6.07) is 2.59. The molecular weight excluding hydrogens is 240 g/mol. The van der Waals surface area contributed by atoms with Crippen molar-refractivity contribution in [2.45, 2.75) is 45.1 Å². The number of carbonyl (C=O) groups excluding carboxylic acids is 1. The average molecular weight is 260 g/mol. The molecule has 0 unspecified atom stereocenters. The van der Waals surface area contributed by atoms with Gasteiger partial charge in [0.05, 0.1) is 0 Å². The molecule has 1 aliphatic carbocycles. The smallest absolute Gasteiger partial charge is 0.136 e. The molecular formula is C14H20N4O. The summed E-state index contributed by atoms with van der Waals surface area (Å²) in [7, 11) is 0. The van der Waals surface area contributed by atoms with Crippen LogP contribution in [0.1, 0.15) is 37.9 Å². The number of hydrogen-bond donors (Lipinski definition) is 1. The van der Waals surface area contributed by atoms with E-state index in [1.165, 1.54) is 19.3 Å². The summed E-state index contributed by atoms with van der Waals surface area (Å²) in [6.07, 6.45) is 5.04. The minimum absolute atomic E-state index is 0.356. The number of Topliss-reactive ketones (excluding diaryl/α,β-unsaturated/α-hetero) is 1. The number of piperidine rings is 1. The van der Waals surface area contributed by atoms with Gasteiger partial charge in [-0.1, -0.05) is 0 Å². The van der Waals surface area contributed by atoms with Crippen molar-refractivity contribution in [3.63, 3.8) is 0 Å². The molecule has 0 amide bonds. The quantitative estimate of drug-likeness (QED) is 0.899. The molecule has 1 aromatic heterocycles. The Hall–Kier alpha value is -1.65. The van der Waals surface area contributed by atoms with E-state index in [0.29, 0.717) is 24.7 Å². The van der Waals surface area contributed by atoms with Gasteiger partial charge < -0.3 is 10.2 Å². The Labute approximate surface area is 113 Å². The molecule has 0 radical (unpaired) electrons. The van der Waals surface area contributed by atoms with E-state index in [2.05, 4.69) is 20.2 Å². The summed E-state index contributed by atoms with van der Waals surface area (Å²) in [5.74, 6) is 3.01. The highest BCUT2D eigenvalue weighted by molar-refractivity contribution is 5.80. The summed E-state index contributed by atoms with van der Waals surface area (Å²) in [5, 5.41) is 3.46. The summed E-state index contributed by atoms with van der Waals surface area (Å²) in [4.78, 5) is 22.4. The van der Waals surface area contributed by atoms with Gasteiger partial charge in [0.1, 0.15) is 23.2 Å². The molecule has 2 fully saturated rings. The Kier molecular flexibility index (Phi) is 3.36. The molecule has 1 aromatic rings. The summed E-state index contributed by atoms with van der Waals surface area (Å²) >= 11 is 0. The standard InChI is InChI=1S/C14H20N4O/c1-10-15-13(17-11-3-2-4-11)9-14(16-10)18-7-5-12(19)6-8-18/h9,11H,2-8H2,1H3,(H,15,16,17). The van der Waals surface area contributed by atoms with Crippen LogP contribution in [0.4, 0.5) is 11.6 Å². The van der Waals surface area contributed by atoms with Crippen molar-refractivity contribution >= 4 is 17.4 Å². The predicted molar refractivity (Wildman–Crippen MR) is 74.5 cm³/mol. The third-order valence-electron chi connectivity index (χ3n) is 3.93. The lowest BCUT2D eigenvalue weighted by molar-refractivity contribution is -0.119. The maximum Gasteiger partial charge on any atom is 0.136 e.